The Morgan fingerprint density at radius 3 is 2.53 bits per heavy atom. The summed E-state index contributed by atoms with van der Waals surface area (Å²) in [5.74, 6) is 0.900. The number of hydrogen-bond acceptors (Lipinski definition) is 4. The fraction of sp³-hybridized carbons (Fsp3) is 0.583. The van der Waals surface area contributed by atoms with Crippen molar-refractivity contribution >= 4 is 23.0 Å². The first-order valence-electron chi connectivity index (χ1n) is 6.03. The van der Waals surface area contributed by atoms with Crippen molar-refractivity contribution in [1.82, 2.24) is 9.97 Å². The van der Waals surface area contributed by atoms with Gasteiger partial charge < -0.3 is 10.6 Å². The molecule has 1 fully saturated rings. The van der Waals surface area contributed by atoms with Gasteiger partial charge in [0.1, 0.15) is 16.5 Å². The van der Waals surface area contributed by atoms with Crippen molar-refractivity contribution in [3.63, 3.8) is 0 Å². The minimum atomic E-state index is 0.296. The molecule has 0 amide bonds. The highest BCUT2D eigenvalue weighted by atomic mass is 32.1. The Hall–Kier alpha value is -1.23. The summed E-state index contributed by atoms with van der Waals surface area (Å²) in [6.07, 6.45) is 9.88. The van der Waals surface area contributed by atoms with E-state index < -0.39 is 0 Å². The lowest BCUT2D eigenvalue weighted by molar-refractivity contribution is 0.426. The zero-order chi connectivity index (χ0) is 12.3. The summed E-state index contributed by atoms with van der Waals surface area (Å²) in [4.78, 5) is 11.1. The lowest BCUT2D eigenvalue weighted by Gasteiger charge is -2.31. The predicted octanol–water partition coefficient (Wildman–Crippen LogP) is 1.88. The molecule has 0 aromatic carbocycles. The van der Waals surface area contributed by atoms with Gasteiger partial charge in [-0.2, -0.15) is 0 Å². The Balaban J connectivity index is 2.07. The van der Waals surface area contributed by atoms with E-state index in [9.17, 15) is 0 Å². The van der Waals surface area contributed by atoms with E-state index in [0.29, 0.717) is 16.7 Å². The molecule has 17 heavy (non-hydrogen) atoms. The Morgan fingerprint density at radius 1 is 1.29 bits per heavy atom. The summed E-state index contributed by atoms with van der Waals surface area (Å²) in [6.45, 7) is 0. The lowest BCUT2D eigenvalue weighted by atomic mass is 9.94. The smallest absolute Gasteiger partial charge is 0.147 e. The van der Waals surface area contributed by atoms with E-state index >= 15 is 0 Å². The summed E-state index contributed by atoms with van der Waals surface area (Å²) in [5, 5.41) is 0. The van der Waals surface area contributed by atoms with E-state index in [1.54, 1.807) is 12.4 Å². The lowest BCUT2D eigenvalue weighted by Crippen LogP contribution is -2.34. The standard InChI is InChI=1S/C12H18N4S/c1-16(9-5-3-2-4-6-9)11-8-14-10(7-15-11)12(13)17/h7-9H,2-6H2,1H3,(H2,13,17). The van der Waals surface area contributed by atoms with Crippen LogP contribution in [0.4, 0.5) is 5.82 Å². The van der Waals surface area contributed by atoms with E-state index in [0.717, 1.165) is 5.82 Å². The fourth-order valence-electron chi connectivity index (χ4n) is 2.29. The van der Waals surface area contributed by atoms with Gasteiger partial charge in [0, 0.05) is 13.1 Å². The van der Waals surface area contributed by atoms with Gasteiger partial charge in [0.05, 0.1) is 12.4 Å². The number of nitrogens with zero attached hydrogens (tertiary/aromatic N) is 3. The maximum Gasteiger partial charge on any atom is 0.147 e. The third-order valence-electron chi connectivity index (χ3n) is 3.37. The summed E-state index contributed by atoms with van der Waals surface area (Å²) in [7, 11) is 2.08. The van der Waals surface area contributed by atoms with Crippen LogP contribution >= 0.6 is 12.2 Å². The SMILES string of the molecule is CN(c1cnc(C(N)=S)cn1)C1CCCCC1. The topological polar surface area (TPSA) is 55.0 Å². The average molecular weight is 250 g/mol. The van der Waals surface area contributed by atoms with Crippen LogP contribution in [0.25, 0.3) is 0 Å². The molecule has 0 spiro atoms. The summed E-state index contributed by atoms with van der Waals surface area (Å²) in [6, 6.07) is 0.591. The van der Waals surface area contributed by atoms with Gasteiger partial charge in [-0.3, -0.25) is 0 Å². The largest absolute Gasteiger partial charge is 0.388 e. The quantitative estimate of drug-likeness (QED) is 0.830. The van der Waals surface area contributed by atoms with E-state index in [2.05, 4.69) is 21.9 Å². The van der Waals surface area contributed by atoms with Crippen molar-refractivity contribution in [3.05, 3.63) is 18.1 Å². The van der Waals surface area contributed by atoms with Crippen molar-refractivity contribution in [1.29, 1.82) is 0 Å². The van der Waals surface area contributed by atoms with E-state index in [1.807, 2.05) is 0 Å². The number of nitrogens with two attached hydrogens (primary N) is 1. The summed E-state index contributed by atoms with van der Waals surface area (Å²) < 4.78 is 0. The molecule has 0 atom stereocenters. The van der Waals surface area contributed by atoms with Crippen LogP contribution in [-0.4, -0.2) is 28.0 Å². The predicted molar refractivity (Wildman–Crippen MR) is 73.2 cm³/mol. The van der Waals surface area contributed by atoms with Crippen LogP contribution in [0.1, 0.15) is 37.8 Å². The highest BCUT2D eigenvalue weighted by Gasteiger charge is 2.19. The molecule has 0 radical (unpaired) electrons. The Bertz CT molecular complexity index is 384. The van der Waals surface area contributed by atoms with Gasteiger partial charge in [0.25, 0.3) is 0 Å². The van der Waals surface area contributed by atoms with Crippen molar-refractivity contribution in [3.8, 4) is 0 Å². The molecule has 1 heterocycles. The third-order valence-corrected chi connectivity index (χ3v) is 3.58. The van der Waals surface area contributed by atoms with Gasteiger partial charge >= 0.3 is 0 Å². The molecule has 92 valence electrons. The molecule has 5 heteroatoms. The first-order chi connectivity index (χ1) is 8.18. The molecule has 1 saturated carbocycles. The average Bonchev–Trinajstić information content (AvgIpc) is 2.39. The number of anilines is 1. The van der Waals surface area contributed by atoms with Crippen LogP contribution in [0.3, 0.4) is 0 Å². The number of thiocarbonyl (C=S) groups is 1. The van der Waals surface area contributed by atoms with E-state index in [4.69, 9.17) is 18.0 Å². The Labute approximate surface area is 107 Å². The highest BCUT2D eigenvalue weighted by Crippen LogP contribution is 2.24. The Kier molecular flexibility index (Phi) is 3.89. The molecule has 2 rings (SSSR count). The maximum absolute atomic E-state index is 5.50. The molecule has 0 bridgehead atoms. The van der Waals surface area contributed by atoms with Gasteiger partial charge in [-0.15, -0.1) is 0 Å². The van der Waals surface area contributed by atoms with Crippen molar-refractivity contribution in [2.24, 2.45) is 5.73 Å². The zero-order valence-corrected chi connectivity index (χ0v) is 10.9. The van der Waals surface area contributed by atoms with Crippen molar-refractivity contribution in [2.45, 2.75) is 38.1 Å². The van der Waals surface area contributed by atoms with Gasteiger partial charge in [-0.05, 0) is 12.8 Å². The first kappa shape index (κ1) is 12.2. The monoisotopic (exact) mass is 250 g/mol. The van der Waals surface area contributed by atoms with Crippen molar-refractivity contribution in [2.75, 3.05) is 11.9 Å². The molecule has 0 aliphatic heterocycles. The van der Waals surface area contributed by atoms with Crippen LogP contribution in [-0.2, 0) is 0 Å². The number of aromatic nitrogens is 2. The summed E-state index contributed by atoms with van der Waals surface area (Å²) >= 11 is 4.86. The molecule has 1 aliphatic rings. The van der Waals surface area contributed by atoms with Gasteiger partial charge in [-0.25, -0.2) is 9.97 Å². The molecule has 1 aromatic heterocycles. The van der Waals surface area contributed by atoms with Gasteiger partial charge in [0.15, 0.2) is 0 Å². The molecule has 1 aromatic rings. The second-order valence-corrected chi connectivity index (χ2v) is 4.97. The molecule has 0 unspecified atom stereocenters. The van der Waals surface area contributed by atoms with Gasteiger partial charge in [0.2, 0.25) is 0 Å². The van der Waals surface area contributed by atoms with Gasteiger partial charge in [-0.1, -0.05) is 31.5 Å². The zero-order valence-electron chi connectivity index (χ0n) is 10.1. The molecule has 2 N–H and O–H groups in total. The van der Waals surface area contributed by atoms with Crippen molar-refractivity contribution < 1.29 is 0 Å². The fourth-order valence-corrected chi connectivity index (χ4v) is 2.39. The van der Waals surface area contributed by atoms with Crippen LogP contribution < -0.4 is 10.6 Å². The molecule has 0 saturated heterocycles. The molecular weight excluding hydrogens is 232 g/mol. The second-order valence-electron chi connectivity index (χ2n) is 4.53. The normalized spacial score (nSPS) is 16.8. The number of rotatable bonds is 3. The molecule has 1 aliphatic carbocycles. The molecular formula is C12H18N4S. The van der Waals surface area contributed by atoms with Crippen LogP contribution in [0.5, 0.6) is 0 Å². The first-order valence-corrected chi connectivity index (χ1v) is 6.44. The van der Waals surface area contributed by atoms with Crippen LogP contribution in [0.15, 0.2) is 12.4 Å². The third kappa shape index (κ3) is 2.91. The molecule has 4 nitrogen and oxygen atoms in total. The minimum Gasteiger partial charge on any atom is -0.388 e. The van der Waals surface area contributed by atoms with E-state index in [1.165, 1.54) is 32.1 Å². The Morgan fingerprint density at radius 2 is 2.00 bits per heavy atom. The van der Waals surface area contributed by atoms with Crippen LogP contribution in [0, 0.1) is 0 Å². The van der Waals surface area contributed by atoms with E-state index in [-0.39, 0.29) is 0 Å². The summed E-state index contributed by atoms with van der Waals surface area (Å²) in [5.41, 5.74) is 6.08. The minimum absolute atomic E-state index is 0.296. The maximum atomic E-state index is 5.50. The second kappa shape index (κ2) is 5.40. The number of hydrogen-bond donors (Lipinski definition) is 1. The highest BCUT2D eigenvalue weighted by molar-refractivity contribution is 7.80. The van der Waals surface area contributed by atoms with Crippen LogP contribution in [0.2, 0.25) is 0 Å².